The molecule has 126 valence electrons. The molecule has 0 radical (unpaired) electrons. The van der Waals surface area contributed by atoms with Crippen LogP contribution in [0.25, 0.3) is 10.8 Å². The predicted octanol–water partition coefficient (Wildman–Crippen LogP) is 3.31. The van der Waals surface area contributed by atoms with Crippen molar-refractivity contribution in [1.82, 2.24) is 4.90 Å². The van der Waals surface area contributed by atoms with E-state index in [1.165, 1.54) is 6.26 Å². The largest absolute Gasteiger partial charge is 0.459 e. The average molecular weight is 334 g/mol. The van der Waals surface area contributed by atoms with Crippen LogP contribution >= 0.6 is 0 Å². The number of carbonyl (C=O) groups excluding carboxylic acids is 2. The molecule has 1 atom stereocenters. The molecule has 4 rings (SSSR count). The summed E-state index contributed by atoms with van der Waals surface area (Å²) >= 11 is 0. The first-order chi connectivity index (χ1) is 12.2. The van der Waals surface area contributed by atoms with E-state index < -0.39 is 6.04 Å². The lowest BCUT2D eigenvalue weighted by atomic mass is 10.1. The summed E-state index contributed by atoms with van der Waals surface area (Å²) in [6.45, 7) is 2.69. The van der Waals surface area contributed by atoms with E-state index in [1.807, 2.05) is 42.5 Å². The molecule has 5 nitrogen and oxygen atoms in total. The summed E-state index contributed by atoms with van der Waals surface area (Å²) < 4.78 is 5.19. The van der Waals surface area contributed by atoms with Crippen LogP contribution in [-0.2, 0) is 4.79 Å². The van der Waals surface area contributed by atoms with Gasteiger partial charge in [-0.25, -0.2) is 0 Å². The van der Waals surface area contributed by atoms with Crippen LogP contribution in [0.5, 0.6) is 0 Å². The second kappa shape index (κ2) is 6.09. The molecule has 3 aromatic rings. The minimum absolute atomic E-state index is 0.0810. The van der Waals surface area contributed by atoms with Gasteiger partial charge in [-0.1, -0.05) is 36.4 Å². The Kier molecular flexibility index (Phi) is 3.76. The fraction of sp³-hybridized carbons (Fsp3) is 0.200. The zero-order valence-electron chi connectivity index (χ0n) is 13.9. The number of fused-ring (bicyclic) bond motifs is 1. The molecular weight excluding hydrogens is 316 g/mol. The molecular formula is C20H18N2O3. The third-order valence-corrected chi connectivity index (χ3v) is 4.71. The highest BCUT2D eigenvalue weighted by Crippen LogP contribution is 2.29. The maximum absolute atomic E-state index is 13.0. The van der Waals surface area contributed by atoms with Crippen LogP contribution in [0.15, 0.2) is 65.3 Å². The average Bonchev–Trinajstić information content (AvgIpc) is 3.18. The number of anilines is 1. The van der Waals surface area contributed by atoms with Gasteiger partial charge in [0.15, 0.2) is 5.76 Å². The highest BCUT2D eigenvalue weighted by atomic mass is 16.3. The van der Waals surface area contributed by atoms with Crippen molar-refractivity contribution in [3.8, 4) is 0 Å². The minimum Gasteiger partial charge on any atom is -0.459 e. The van der Waals surface area contributed by atoms with E-state index in [1.54, 1.807) is 28.9 Å². The number of rotatable bonds is 2. The molecule has 1 fully saturated rings. The Hall–Kier alpha value is -3.08. The molecule has 2 heterocycles. The lowest BCUT2D eigenvalue weighted by Gasteiger charge is -2.39. The molecule has 1 aliphatic heterocycles. The third kappa shape index (κ3) is 2.58. The monoisotopic (exact) mass is 334 g/mol. The van der Waals surface area contributed by atoms with Gasteiger partial charge in [0.05, 0.1) is 12.0 Å². The summed E-state index contributed by atoms with van der Waals surface area (Å²) in [7, 11) is 0. The number of amides is 2. The van der Waals surface area contributed by atoms with Gasteiger partial charge in [-0.2, -0.15) is 0 Å². The quantitative estimate of drug-likeness (QED) is 0.722. The van der Waals surface area contributed by atoms with Crippen molar-refractivity contribution in [2.75, 3.05) is 18.0 Å². The number of nitrogens with zero attached hydrogens (tertiary/aromatic N) is 2. The van der Waals surface area contributed by atoms with E-state index in [9.17, 15) is 9.59 Å². The Morgan fingerprint density at radius 3 is 2.64 bits per heavy atom. The van der Waals surface area contributed by atoms with Crippen LogP contribution < -0.4 is 4.90 Å². The SMILES string of the molecule is CC1C(=O)N(c2cccc3ccccc23)CCN1C(=O)c1ccco1. The normalized spacial score (nSPS) is 18.0. The molecule has 1 unspecified atom stereocenters. The van der Waals surface area contributed by atoms with Crippen LogP contribution in [-0.4, -0.2) is 35.8 Å². The second-order valence-corrected chi connectivity index (χ2v) is 6.14. The van der Waals surface area contributed by atoms with Gasteiger partial charge < -0.3 is 14.2 Å². The zero-order valence-corrected chi connectivity index (χ0v) is 13.9. The van der Waals surface area contributed by atoms with E-state index in [0.717, 1.165) is 16.5 Å². The maximum atomic E-state index is 13.0. The lowest BCUT2D eigenvalue weighted by Crippen LogP contribution is -2.57. The van der Waals surface area contributed by atoms with E-state index in [2.05, 4.69) is 0 Å². The second-order valence-electron chi connectivity index (χ2n) is 6.14. The van der Waals surface area contributed by atoms with Gasteiger partial charge in [0.1, 0.15) is 6.04 Å². The van der Waals surface area contributed by atoms with Crippen molar-refractivity contribution in [2.45, 2.75) is 13.0 Å². The first-order valence-corrected chi connectivity index (χ1v) is 8.30. The molecule has 25 heavy (non-hydrogen) atoms. The number of carbonyl (C=O) groups is 2. The van der Waals surface area contributed by atoms with Crippen LogP contribution in [0.2, 0.25) is 0 Å². The topological polar surface area (TPSA) is 53.8 Å². The highest BCUT2D eigenvalue weighted by molar-refractivity contribution is 6.07. The van der Waals surface area contributed by atoms with E-state index in [-0.39, 0.29) is 17.6 Å². The van der Waals surface area contributed by atoms with Crippen molar-refractivity contribution < 1.29 is 14.0 Å². The van der Waals surface area contributed by atoms with Gasteiger partial charge in [-0.15, -0.1) is 0 Å². The van der Waals surface area contributed by atoms with E-state index >= 15 is 0 Å². The van der Waals surface area contributed by atoms with E-state index in [4.69, 9.17) is 4.42 Å². The number of hydrogen-bond acceptors (Lipinski definition) is 3. The predicted molar refractivity (Wildman–Crippen MR) is 95.5 cm³/mol. The molecule has 0 spiro atoms. The summed E-state index contributed by atoms with van der Waals surface area (Å²) in [5, 5.41) is 2.13. The summed E-state index contributed by atoms with van der Waals surface area (Å²) in [6, 6.07) is 16.7. The maximum Gasteiger partial charge on any atom is 0.290 e. The molecule has 0 aliphatic carbocycles. The lowest BCUT2D eigenvalue weighted by molar-refractivity contribution is -0.124. The number of benzene rings is 2. The summed E-state index contributed by atoms with van der Waals surface area (Å²) in [4.78, 5) is 28.8. The summed E-state index contributed by atoms with van der Waals surface area (Å²) in [5.74, 6) is -0.0656. The van der Waals surface area contributed by atoms with Crippen LogP contribution in [0.4, 0.5) is 5.69 Å². The molecule has 1 aliphatic rings. The van der Waals surface area contributed by atoms with Crippen molar-refractivity contribution in [3.05, 3.63) is 66.6 Å². The molecule has 1 saturated heterocycles. The molecule has 2 amide bonds. The molecule has 5 heteroatoms. The fourth-order valence-corrected chi connectivity index (χ4v) is 3.37. The Balaban J connectivity index is 1.64. The molecule has 1 aromatic heterocycles. The Labute approximate surface area is 145 Å². The zero-order chi connectivity index (χ0) is 17.4. The number of furan rings is 1. The van der Waals surface area contributed by atoms with Crippen molar-refractivity contribution in [1.29, 1.82) is 0 Å². The number of hydrogen-bond donors (Lipinski definition) is 0. The third-order valence-electron chi connectivity index (χ3n) is 4.71. The van der Waals surface area contributed by atoms with Crippen LogP contribution in [0.1, 0.15) is 17.5 Å². The molecule has 0 bridgehead atoms. The Bertz CT molecular complexity index is 928. The van der Waals surface area contributed by atoms with Gasteiger partial charge in [-0.05, 0) is 30.5 Å². The Morgan fingerprint density at radius 1 is 1.04 bits per heavy atom. The van der Waals surface area contributed by atoms with Gasteiger partial charge in [0, 0.05) is 18.5 Å². The number of piperazine rings is 1. The minimum atomic E-state index is -0.537. The standard InChI is InChI=1S/C20H18N2O3/c1-14-19(23)22(12-11-21(14)20(24)18-10-5-13-25-18)17-9-4-7-15-6-2-3-8-16(15)17/h2-10,13-14H,11-12H2,1H3. The molecule has 0 saturated carbocycles. The van der Waals surface area contributed by atoms with Gasteiger partial charge in [0.25, 0.3) is 5.91 Å². The van der Waals surface area contributed by atoms with E-state index in [0.29, 0.717) is 13.1 Å². The van der Waals surface area contributed by atoms with Gasteiger partial charge in [0.2, 0.25) is 5.91 Å². The van der Waals surface area contributed by atoms with Crippen LogP contribution in [0.3, 0.4) is 0 Å². The first-order valence-electron chi connectivity index (χ1n) is 8.30. The van der Waals surface area contributed by atoms with Gasteiger partial charge >= 0.3 is 0 Å². The van der Waals surface area contributed by atoms with Gasteiger partial charge in [-0.3, -0.25) is 9.59 Å². The molecule has 0 N–H and O–H groups in total. The van der Waals surface area contributed by atoms with Crippen molar-refractivity contribution >= 4 is 28.3 Å². The van der Waals surface area contributed by atoms with Crippen molar-refractivity contribution in [2.24, 2.45) is 0 Å². The van der Waals surface area contributed by atoms with Crippen molar-refractivity contribution in [3.63, 3.8) is 0 Å². The smallest absolute Gasteiger partial charge is 0.290 e. The molecule has 2 aromatic carbocycles. The Morgan fingerprint density at radius 2 is 1.84 bits per heavy atom. The van der Waals surface area contributed by atoms with Crippen LogP contribution in [0, 0.1) is 0 Å². The highest BCUT2D eigenvalue weighted by Gasteiger charge is 2.36. The fourth-order valence-electron chi connectivity index (χ4n) is 3.37. The summed E-state index contributed by atoms with van der Waals surface area (Å²) in [5.41, 5.74) is 0.889. The first kappa shape index (κ1) is 15.4. The summed E-state index contributed by atoms with van der Waals surface area (Å²) in [6.07, 6.45) is 1.46.